The third-order valence-electron chi connectivity index (χ3n) is 3.45. The van der Waals surface area contributed by atoms with Gasteiger partial charge in [0.15, 0.2) is 5.65 Å². The van der Waals surface area contributed by atoms with E-state index in [4.69, 9.17) is 4.74 Å². The number of carbonyl (C=O) groups is 1. The van der Waals surface area contributed by atoms with E-state index in [9.17, 15) is 9.18 Å². The highest BCUT2D eigenvalue weighted by Gasteiger charge is 2.15. The number of nitrogens with one attached hydrogen (secondary N) is 1. The number of carbonyl (C=O) groups excluding carboxylic acids is 1. The van der Waals surface area contributed by atoms with Crippen molar-refractivity contribution in [2.75, 3.05) is 7.11 Å². The molecule has 0 spiro atoms. The highest BCUT2D eigenvalue weighted by atomic mass is 19.1. The largest absolute Gasteiger partial charge is 0.480 e. The van der Waals surface area contributed by atoms with Crippen molar-refractivity contribution in [1.82, 2.24) is 19.9 Å². The molecule has 3 aromatic rings. The van der Waals surface area contributed by atoms with Crippen LogP contribution in [0.3, 0.4) is 0 Å². The summed E-state index contributed by atoms with van der Waals surface area (Å²) in [6.45, 7) is 1.82. The maximum absolute atomic E-state index is 12.9. The van der Waals surface area contributed by atoms with E-state index in [1.807, 2.05) is 6.92 Å². The van der Waals surface area contributed by atoms with Gasteiger partial charge in [-0.05, 0) is 30.7 Å². The van der Waals surface area contributed by atoms with Crippen molar-refractivity contribution in [1.29, 1.82) is 0 Å². The van der Waals surface area contributed by atoms with Crippen LogP contribution in [-0.4, -0.2) is 27.6 Å². The van der Waals surface area contributed by atoms with Gasteiger partial charge >= 0.3 is 0 Å². The fourth-order valence-electron chi connectivity index (χ4n) is 2.19. The third-order valence-corrected chi connectivity index (χ3v) is 3.45. The second-order valence-corrected chi connectivity index (χ2v) is 5.05. The molecule has 0 aliphatic carbocycles. The van der Waals surface area contributed by atoms with E-state index in [2.05, 4.69) is 15.4 Å². The van der Waals surface area contributed by atoms with Crippen LogP contribution in [0.5, 0.6) is 5.88 Å². The van der Waals surface area contributed by atoms with E-state index in [1.54, 1.807) is 24.3 Å². The smallest absolute Gasteiger partial charge is 0.272 e. The zero-order valence-electron chi connectivity index (χ0n) is 12.7. The third kappa shape index (κ3) is 3.13. The first-order valence-corrected chi connectivity index (χ1v) is 7.03. The van der Waals surface area contributed by atoms with Gasteiger partial charge in [-0.25, -0.2) is 13.9 Å². The molecule has 0 bridgehead atoms. The molecule has 23 heavy (non-hydrogen) atoms. The summed E-state index contributed by atoms with van der Waals surface area (Å²) >= 11 is 0. The summed E-state index contributed by atoms with van der Waals surface area (Å²) in [5.41, 5.74) is 1.61. The number of ether oxygens (including phenoxy) is 1. The van der Waals surface area contributed by atoms with Gasteiger partial charge in [-0.1, -0.05) is 12.1 Å². The second-order valence-electron chi connectivity index (χ2n) is 5.05. The summed E-state index contributed by atoms with van der Waals surface area (Å²) in [6.07, 6.45) is 1.53. The van der Waals surface area contributed by atoms with E-state index in [1.165, 1.54) is 30.0 Å². The Morgan fingerprint density at radius 3 is 2.70 bits per heavy atom. The molecule has 0 fully saturated rings. The van der Waals surface area contributed by atoms with Gasteiger partial charge in [0.1, 0.15) is 11.5 Å². The normalized spacial score (nSPS) is 12.1. The summed E-state index contributed by atoms with van der Waals surface area (Å²) in [7, 11) is 1.52. The zero-order chi connectivity index (χ0) is 16.4. The molecule has 0 saturated heterocycles. The topological polar surface area (TPSA) is 68.5 Å². The fraction of sp³-hybridized carbons (Fsp3) is 0.188. The van der Waals surface area contributed by atoms with Crippen LogP contribution >= 0.6 is 0 Å². The van der Waals surface area contributed by atoms with Gasteiger partial charge in [0, 0.05) is 6.07 Å². The first kappa shape index (κ1) is 15.0. The molecule has 7 heteroatoms. The molecule has 1 atom stereocenters. The van der Waals surface area contributed by atoms with Gasteiger partial charge in [0.05, 0.1) is 19.3 Å². The summed E-state index contributed by atoms with van der Waals surface area (Å²) in [5, 5.41) is 6.98. The van der Waals surface area contributed by atoms with Crippen molar-refractivity contribution >= 4 is 11.6 Å². The minimum absolute atomic E-state index is 0.250. The number of imidazole rings is 1. The van der Waals surface area contributed by atoms with Crippen LogP contribution in [0.25, 0.3) is 5.65 Å². The van der Waals surface area contributed by atoms with Crippen LogP contribution in [0.15, 0.2) is 42.6 Å². The standard InChI is InChI=1S/C16H15FN4O2/c1-10(11-3-5-12(17)6-4-11)18-16(22)13-9-21-14(19-13)7-8-15(20-21)23-2/h3-10H,1-2H3,(H,18,22)/t10-/m0/s1. The van der Waals surface area contributed by atoms with Gasteiger partial charge in [0.25, 0.3) is 5.91 Å². The molecule has 1 aromatic carbocycles. The molecule has 118 valence electrons. The van der Waals surface area contributed by atoms with Crippen LogP contribution in [-0.2, 0) is 0 Å². The molecule has 0 aliphatic rings. The molecule has 2 aromatic heterocycles. The monoisotopic (exact) mass is 314 g/mol. The van der Waals surface area contributed by atoms with Crippen LogP contribution in [0.1, 0.15) is 29.0 Å². The minimum Gasteiger partial charge on any atom is -0.480 e. The average molecular weight is 314 g/mol. The van der Waals surface area contributed by atoms with Gasteiger partial charge < -0.3 is 10.1 Å². The first-order chi connectivity index (χ1) is 11.1. The number of methoxy groups -OCH3 is 1. The predicted octanol–water partition coefficient (Wildman–Crippen LogP) is 2.37. The van der Waals surface area contributed by atoms with Crippen molar-refractivity contribution in [3.05, 3.63) is 59.7 Å². The molecule has 6 nitrogen and oxygen atoms in total. The summed E-state index contributed by atoms with van der Waals surface area (Å²) in [4.78, 5) is 16.5. The summed E-state index contributed by atoms with van der Waals surface area (Å²) in [6, 6.07) is 9.11. The number of hydrogen-bond donors (Lipinski definition) is 1. The Bertz CT molecular complexity index is 845. The highest BCUT2D eigenvalue weighted by molar-refractivity contribution is 5.93. The molecule has 0 unspecified atom stereocenters. The maximum atomic E-state index is 12.9. The second kappa shape index (κ2) is 6.04. The number of fused-ring (bicyclic) bond motifs is 1. The lowest BCUT2D eigenvalue weighted by molar-refractivity contribution is 0.0935. The Morgan fingerprint density at radius 1 is 1.26 bits per heavy atom. The SMILES string of the molecule is COc1ccc2nc(C(=O)N[C@@H](C)c3ccc(F)cc3)cn2n1. The lowest BCUT2D eigenvalue weighted by atomic mass is 10.1. The van der Waals surface area contributed by atoms with Gasteiger partial charge in [0.2, 0.25) is 5.88 Å². The lowest BCUT2D eigenvalue weighted by Crippen LogP contribution is -2.26. The predicted molar refractivity (Wildman–Crippen MR) is 81.8 cm³/mol. The average Bonchev–Trinajstić information content (AvgIpc) is 2.98. The molecule has 0 saturated carbocycles. The zero-order valence-corrected chi connectivity index (χ0v) is 12.7. The van der Waals surface area contributed by atoms with Crippen molar-refractivity contribution in [3.63, 3.8) is 0 Å². The molecular formula is C16H15FN4O2. The highest BCUT2D eigenvalue weighted by Crippen LogP contribution is 2.14. The molecule has 0 aliphatic heterocycles. The van der Waals surface area contributed by atoms with E-state index in [0.29, 0.717) is 11.5 Å². The lowest BCUT2D eigenvalue weighted by Gasteiger charge is -2.13. The van der Waals surface area contributed by atoms with Crippen molar-refractivity contribution < 1.29 is 13.9 Å². The van der Waals surface area contributed by atoms with Crippen LogP contribution in [0, 0.1) is 5.82 Å². The van der Waals surface area contributed by atoms with Crippen molar-refractivity contribution in [3.8, 4) is 5.88 Å². The Morgan fingerprint density at radius 2 is 2.00 bits per heavy atom. The molecule has 2 heterocycles. The van der Waals surface area contributed by atoms with Crippen LogP contribution < -0.4 is 10.1 Å². The Labute approximate surface area is 131 Å². The van der Waals surface area contributed by atoms with Gasteiger partial charge in [-0.15, -0.1) is 5.10 Å². The Balaban J connectivity index is 1.78. The Hall–Kier alpha value is -2.96. The van der Waals surface area contributed by atoms with E-state index in [-0.39, 0.29) is 23.5 Å². The summed E-state index contributed by atoms with van der Waals surface area (Å²) < 4.78 is 19.5. The molecule has 3 rings (SSSR count). The van der Waals surface area contributed by atoms with Gasteiger partial charge in [-0.2, -0.15) is 0 Å². The van der Waals surface area contributed by atoms with E-state index < -0.39 is 0 Å². The molecule has 1 N–H and O–H groups in total. The van der Waals surface area contributed by atoms with Crippen LogP contribution in [0.4, 0.5) is 4.39 Å². The molecule has 0 radical (unpaired) electrons. The summed E-state index contributed by atoms with van der Waals surface area (Å²) in [5.74, 6) is -0.208. The minimum atomic E-state index is -0.328. The number of amides is 1. The molecule has 1 amide bonds. The van der Waals surface area contributed by atoms with Crippen molar-refractivity contribution in [2.24, 2.45) is 0 Å². The number of benzene rings is 1. The first-order valence-electron chi connectivity index (χ1n) is 7.03. The quantitative estimate of drug-likeness (QED) is 0.803. The number of rotatable bonds is 4. The number of hydrogen-bond acceptors (Lipinski definition) is 4. The fourth-order valence-corrected chi connectivity index (χ4v) is 2.19. The van der Waals surface area contributed by atoms with Crippen molar-refractivity contribution in [2.45, 2.75) is 13.0 Å². The van der Waals surface area contributed by atoms with Gasteiger partial charge in [-0.3, -0.25) is 4.79 Å². The van der Waals surface area contributed by atoms with E-state index >= 15 is 0 Å². The Kier molecular flexibility index (Phi) is 3.92. The number of aromatic nitrogens is 3. The number of nitrogens with zero attached hydrogens (tertiary/aromatic N) is 3. The molecular weight excluding hydrogens is 299 g/mol. The maximum Gasteiger partial charge on any atom is 0.272 e. The number of halogens is 1. The van der Waals surface area contributed by atoms with Crippen LogP contribution in [0.2, 0.25) is 0 Å². The van der Waals surface area contributed by atoms with E-state index in [0.717, 1.165) is 5.56 Å².